The molecule has 3 nitrogen and oxygen atoms in total. The Bertz CT molecular complexity index is 494. The molecule has 2 rings (SSSR count). The summed E-state index contributed by atoms with van der Waals surface area (Å²) < 4.78 is 25.7. The Morgan fingerprint density at radius 3 is 2.45 bits per heavy atom. The normalized spacial score (nSPS) is 18.2. The van der Waals surface area contributed by atoms with Crippen LogP contribution in [0.1, 0.15) is 26.2 Å². The van der Waals surface area contributed by atoms with Crippen LogP contribution in [-0.4, -0.2) is 37.3 Å². The Kier molecular flexibility index (Phi) is 5.93. The molecular formula is C15H23NO2S2. The van der Waals surface area contributed by atoms with Gasteiger partial charge in [-0.15, -0.1) is 11.8 Å². The van der Waals surface area contributed by atoms with Gasteiger partial charge in [-0.05, 0) is 37.3 Å². The SMILES string of the molecule is CCCS(=O)(=O)N1CCC(CSc2ccccc2)CC1. The highest BCUT2D eigenvalue weighted by Gasteiger charge is 2.27. The van der Waals surface area contributed by atoms with Gasteiger partial charge in [0.25, 0.3) is 0 Å². The van der Waals surface area contributed by atoms with Crippen molar-refractivity contribution in [2.45, 2.75) is 31.1 Å². The van der Waals surface area contributed by atoms with Gasteiger partial charge in [0, 0.05) is 23.7 Å². The van der Waals surface area contributed by atoms with Crippen molar-refractivity contribution in [2.24, 2.45) is 5.92 Å². The van der Waals surface area contributed by atoms with Crippen molar-refractivity contribution >= 4 is 21.8 Å². The molecular weight excluding hydrogens is 290 g/mol. The third kappa shape index (κ3) is 4.50. The van der Waals surface area contributed by atoms with Crippen LogP contribution in [0.15, 0.2) is 35.2 Å². The molecule has 0 spiro atoms. The Balaban J connectivity index is 1.77. The number of nitrogens with zero attached hydrogens (tertiary/aromatic N) is 1. The predicted octanol–water partition coefficient (Wildman–Crippen LogP) is 3.23. The number of sulfonamides is 1. The number of thioether (sulfide) groups is 1. The molecule has 0 atom stereocenters. The molecule has 112 valence electrons. The molecule has 0 unspecified atom stereocenters. The highest BCUT2D eigenvalue weighted by molar-refractivity contribution is 7.99. The van der Waals surface area contributed by atoms with E-state index in [4.69, 9.17) is 0 Å². The van der Waals surface area contributed by atoms with Gasteiger partial charge < -0.3 is 0 Å². The lowest BCUT2D eigenvalue weighted by Gasteiger charge is -2.31. The molecule has 1 aliphatic rings. The summed E-state index contributed by atoms with van der Waals surface area (Å²) in [7, 11) is -3.00. The smallest absolute Gasteiger partial charge is 0.212 e. The molecule has 0 radical (unpaired) electrons. The molecule has 0 bridgehead atoms. The summed E-state index contributed by atoms with van der Waals surface area (Å²) in [6.45, 7) is 3.31. The highest BCUT2D eigenvalue weighted by Crippen LogP contribution is 2.27. The quantitative estimate of drug-likeness (QED) is 0.757. The number of piperidine rings is 1. The standard InChI is InChI=1S/C15H23NO2S2/c1-2-12-20(17,18)16-10-8-14(9-11-16)13-19-15-6-4-3-5-7-15/h3-7,14H,2,8-13H2,1H3. The summed E-state index contributed by atoms with van der Waals surface area (Å²) in [5.74, 6) is 2.01. The molecule has 1 heterocycles. The van der Waals surface area contributed by atoms with E-state index in [0.717, 1.165) is 18.6 Å². The monoisotopic (exact) mass is 313 g/mol. The largest absolute Gasteiger partial charge is 0.214 e. The Morgan fingerprint density at radius 1 is 1.20 bits per heavy atom. The van der Waals surface area contributed by atoms with Gasteiger partial charge >= 0.3 is 0 Å². The van der Waals surface area contributed by atoms with E-state index in [1.54, 1.807) is 4.31 Å². The number of hydrogen-bond acceptors (Lipinski definition) is 3. The molecule has 0 amide bonds. The van der Waals surface area contributed by atoms with Gasteiger partial charge in [-0.2, -0.15) is 0 Å². The average Bonchev–Trinajstić information content (AvgIpc) is 2.47. The van der Waals surface area contributed by atoms with Crippen LogP contribution in [0.25, 0.3) is 0 Å². The number of hydrogen-bond donors (Lipinski definition) is 0. The van der Waals surface area contributed by atoms with Crippen molar-refractivity contribution < 1.29 is 8.42 Å². The van der Waals surface area contributed by atoms with Gasteiger partial charge in [0.15, 0.2) is 0 Å². The average molecular weight is 313 g/mol. The van der Waals surface area contributed by atoms with Gasteiger partial charge in [-0.25, -0.2) is 12.7 Å². The summed E-state index contributed by atoms with van der Waals surface area (Å²) in [6, 6.07) is 10.4. The molecule has 0 saturated carbocycles. The summed E-state index contributed by atoms with van der Waals surface area (Å²) in [6.07, 6.45) is 2.68. The molecule has 0 N–H and O–H groups in total. The van der Waals surface area contributed by atoms with Crippen LogP contribution in [-0.2, 0) is 10.0 Å². The van der Waals surface area contributed by atoms with Crippen molar-refractivity contribution in [2.75, 3.05) is 24.6 Å². The zero-order chi connectivity index (χ0) is 14.4. The Hall–Kier alpha value is -0.520. The Morgan fingerprint density at radius 2 is 1.85 bits per heavy atom. The molecule has 0 aliphatic carbocycles. The van der Waals surface area contributed by atoms with Gasteiger partial charge in [0.05, 0.1) is 5.75 Å². The van der Waals surface area contributed by atoms with E-state index in [1.165, 1.54) is 4.90 Å². The van der Waals surface area contributed by atoms with Crippen molar-refractivity contribution in [3.05, 3.63) is 30.3 Å². The third-order valence-electron chi connectivity index (χ3n) is 3.66. The summed E-state index contributed by atoms with van der Waals surface area (Å²) in [4.78, 5) is 1.30. The maximum atomic E-state index is 12.0. The second kappa shape index (κ2) is 7.48. The first-order valence-corrected chi connectivity index (χ1v) is 9.87. The lowest BCUT2D eigenvalue weighted by Crippen LogP contribution is -2.40. The fourth-order valence-electron chi connectivity index (χ4n) is 2.47. The number of benzene rings is 1. The van der Waals surface area contributed by atoms with Crippen LogP contribution in [0, 0.1) is 5.92 Å². The summed E-state index contributed by atoms with van der Waals surface area (Å²) in [5.41, 5.74) is 0. The maximum absolute atomic E-state index is 12.0. The third-order valence-corrected chi connectivity index (χ3v) is 6.98. The van der Waals surface area contributed by atoms with Crippen LogP contribution in [0.5, 0.6) is 0 Å². The molecule has 0 aromatic heterocycles. The minimum absolute atomic E-state index is 0.288. The number of rotatable bonds is 6. The molecule has 20 heavy (non-hydrogen) atoms. The van der Waals surface area contributed by atoms with E-state index in [9.17, 15) is 8.42 Å². The second-order valence-electron chi connectivity index (χ2n) is 5.28. The van der Waals surface area contributed by atoms with Crippen LogP contribution in [0.3, 0.4) is 0 Å². The molecule has 1 saturated heterocycles. The van der Waals surface area contributed by atoms with E-state index >= 15 is 0 Å². The van der Waals surface area contributed by atoms with E-state index in [2.05, 4.69) is 24.3 Å². The molecule has 1 fully saturated rings. The Labute approximate surface area is 126 Å². The van der Waals surface area contributed by atoms with Gasteiger partial charge in [-0.3, -0.25) is 0 Å². The maximum Gasteiger partial charge on any atom is 0.214 e. The van der Waals surface area contributed by atoms with E-state index < -0.39 is 10.0 Å². The fraction of sp³-hybridized carbons (Fsp3) is 0.600. The topological polar surface area (TPSA) is 37.4 Å². The van der Waals surface area contributed by atoms with E-state index in [0.29, 0.717) is 25.4 Å². The first-order chi connectivity index (χ1) is 9.62. The van der Waals surface area contributed by atoms with Crippen molar-refractivity contribution in [3.63, 3.8) is 0 Å². The molecule has 1 aromatic rings. The minimum atomic E-state index is -3.00. The summed E-state index contributed by atoms with van der Waals surface area (Å²) >= 11 is 1.88. The fourth-order valence-corrected chi connectivity index (χ4v) is 5.12. The van der Waals surface area contributed by atoms with Gasteiger partial charge in [0.2, 0.25) is 10.0 Å². The molecule has 5 heteroatoms. The molecule has 1 aromatic carbocycles. The molecule has 1 aliphatic heterocycles. The summed E-state index contributed by atoms with van der Waals surface area (Å²) in [5, 5.41) is 0. The first kappa shape index (κ1) is 15.9. The second-order valence-corrected chi connectivity index (χ2v) is 8.46. The van der Waals surface area contributed by atoms with Crippen molar-refractivity contribution in [3.8, 4) is 0 Å². The highest BCUT2D eigenvalue weighted by atomic mass is 32.2. The van der Waals surface area contributed by atoms with Crippen LogP contribution in [0.2, 0.25) is 0 Å². The van der Waals surface area contributed by atoms with Crippen LogP contribution < -0.4 is 0 Å². The van der Waals surface area contributed by atoms with Crippen molar-refractivity contribution in [1.29, 1.82) is 0 Å². The van der Waals surface area contributed by atoms with Crippen molar-refractivity contribution in [1.82, 2.24) is 4.31 Å². The zero-order valence-electron chi connectivity index (χ0n) is 12.0. The predicted molar refractivity (Wildman–Crippen MR) is 85.5 cm³/mol. The van der Waals surface area contributed by atoms with Gasteiger partial charge in [-0.1, -0.05) is 25.1 Å². The lowest BCUT2D eigenvalue weighted by atomic mass is 10.0. The first-order valence-electron chi connectivity index (χ1n) is 7.27. The van der Waals surface area contributed by atoms with Crippen LogP contribution in [0.4, 0.5) is 0 Å². The van der Waals surface area contributed by atoms with Crippen LogP contribution >= 0.6 is 11.8 Å². The minimum Gasteiger partial charge on any atom is -0.212 e. The lowest BCUT2D eigenvalue weighted by molar-refractivity contribution is 0.291. The van der Waals surface area contributed by atoms with E-state index in [-0.39, 0.29) is 5.75 Å². The zero-order valence-corrected chi connectivity index (χ0v) is 13.6. The van der Waals surface area contributed by atoms with Gasteiger partial charge in [0.1, 0.15) is 0 Å². The van der Waals surface area contributed by atoms with E-state index in [1.807, 2.05) is 24.8 Å².